The van der Waals surface area contributed by atoms with Gasteiger partial charge in [0.2, 0.25) is 0 Å². The Balaban J connectivity index is 2.17. The molecule has 3 rings (SSSR count). The Hall–Kier alpha value is -0.870. The van der Waals surface area contributed by atoms with Gasteiger partial charge in [-0.15, -0.1) is 0 Å². The lowest BCUT2D eigenvalue weighted by Gasteiger charge is -2.41. The summed E-state index contributed by atoms with van der Waals surface area (Å²) in [5.74, 6) is 0.319. The first kappa shape index (κ1) is 13.1. The number of benzene rings is 1. The molecule has 1 aromatic carbocycles. The molecule has 3 nitrogen and oxygen atoms in total. The van der Waals surface area contributed by atoms with Gasteiger partial charge in [-0.05, 0) is 35.9 Å². The van der Waals surface area contributed by atoms with Crippen LogP contribution < -0.4 is 5.32 Å². The van der Waals surface area contributed by atoms with Crippen LogP contribution in [-0.2, 0) is 15.3 Å². The molecule has 1 fully saturated rings. The van der Waals surface area contributed by atoms with Crippen molar-refractivity contribution in [3.63, 3.8) is 0 Å². The van der Waals surface area contributed by atoms with Gasteiger partial charge in [-0.3, -0.25) is 0 Å². The van der Waals surface area contributed by atoms with Crippen LogP contribution in [0.2, 0.25) is 0 Å². The van der Waals surface area contributed by atoms with Gasteiger partial charge in [0.25, 0.3) is 0 Å². The molecule has 1 heterocycles. The minimum atomic E-state index is -3.00. The molecule has 2 atom stereocenters. The number of nitrogens with one attached hydrogen (secondary N) is 1. The quantitative estimate of drug-likeness (QED) is 0.792. The molecule has 0 amide bonds. The molecule has 1 aliphatic carbocycles. The Kier molecular flexibility index (Phi) is 2.98. The third-order valence-corrected chi connectivity index (χ3v) is 6.76. The van der Waals surface area contributed by atoms with E-state index in [0.29, 0.717) is 12.2 Å². The average Bonchev–Trinajstić information content (AvgIpc) is 2.49. The summed E-state index contributed by atoms with van der Waals surface area (Å²) in [6.07, 6.45) is 1.43. The van der Waals surface area contributed by atoms with E-state index < -0.39 is 9.84 Å². The van der Waals surface area contributed by atoms with Crippen molar-refractivity contribution in [2.24, 2.45) is 0 Å². The lowest BCUT2D eigenvalue weighted by molar-refractivity contribution is 0.364. The Morgan fingerprint density at radius 1 is 1.26 bits per heavy atom. The van der Waals surface area contributed by atoms with Crippen LogP contribution in [0.4, 0.5) is 0 Å². The lowest BCUT2D eigenvalue weighted by Crippen LogP contribution is -2.44. The number of hydrogen-bond donors (Lipinski definition) is 1. The van der Waals surface area contributed by atoms with Crippen molar-refractivity contribution in [3.05, 3.63) is 35.4 Å². The molecule has 0 bridgehead atoms. The largest absolute Gasteiger partial charge is 0.309 e. The van der Waals surface area contributed by atoms with Crippen LogP contribution in [0.5, 0.6) is 0 Å². The number of sulfone groups is 1. The zero-order valence-electron chi connectivity index (χ0n) is 11.5. The number of rotatable bonds is 0. The summed E-state index contributed by atoms with van der Waals surface area (Å²) in [6.45, 7) is 5.10. The van der Waals surface area contributed by atoms with Gasteiger partial charge in [0.1, 0.15) is 0 Å². The maximum absolute atomic E-state index is 12.5. The van der Waals surface area contributed by atoms with Crippen molar-refractivity contribution in [2.75, 3.05) is 12.3 Å². The first-order valence-corrected chi connectivity index (χ1v) is 8.68. The highest BCUT2D eigenvalue weighted by molar-refractivity contribution is 7.92. The van der Waals surface area contributed by atoms with Crippen LogP contribution in [0.1, 0.15) is 43.9 Å². The van der Waals surface area contributed by atoms with Crippen LogP contribution in [-0.4, -0.2) is 26.0 Å². The summed E-state index contributed by atoms with van der Waals surface area (Å²) in [4.78, 5) is 0. The van der Waals surface area contributed by atoms with Crippen LogP contribution in [0.3, 0.4) is 0 Å². The minimum Gasteiger partial charge on any atom is -0.309 e. The van der Waals surface area contributed by atoms with Crippen molar-refractivity contribution in [3.8, 4) is 0 Å². The standard InChI is InChI=1S/C15H21NO2S/c1-15(2)10-13-14(11-6-3-4-7-12(11)15)16-8-5-9-19(13,17)18/h3-4,6-7,13-14,16H,5,8-10H2,1-2H3. The first-order valence-electron chi connectivity index (χ1n) is 6.96. The van der Waals surface area contributed by atoms with Crippen molar-refractivity contribution < 1.29 is 8.42 Å². The van der Waals surface area contributed by atoms with Gasteiger partial charge in [0.05, 0.1) is 11.0 Å². The summed E-state index contributed by atoms with van der Waals surface area (Å²) in [7, 11) is -3.00. The summed E-state index contributed by atoms with van der Waals surface area (Å²) in [5.41, 5.74) is 2.40. The van der Waals surface area contributed by atoms with E-state index in [0.717, 1.165) is 13.0 Å². The molecule has 1 aliphatic heterocycles. The van der Waals surface area contributed by atoms with Gasteiger partial charge in [-0.1, -0.05) is 38.1 Å². The van der Waals surface area contributed by atoms with Crippen molar-refractivity contribution in [1.82, 2.24) is 5.32 Å². The van der Waals surface area contributed by atoms with Gasteiger partial charge < -0.3 is 5.32 Å². The van der Waals surface area contributed by atoms with E-state index in [4.69, 9.17) is 0 Å². The molecule has 0 spiro atoms. The highest BCUT2D eigenvalue weighted by atomic mass is 32.2. The second kappa shape index (κ2) is 4.32. The minimum absolute atomic E-state index is 0.0308. The van der Waals surface area contributed by atoms with Crippen LogP contribution in [0.15, 0.2) is 24.3 Å². The first-order chi connectivity index (χ1) is 8.92. The zero-order valence-corrected chi connectivity index (χ0v) is 12.3. The van der Waals surface area contributed by atoms with Gasteiger partial charge in [0, 0.05) is 6.04 Å². The van der Waals surface area contributed by atoms with Gasteiger partial charge in [0.15, 0.2) is 9.84 Å². The van der Waals surface area contributed by atoms with Crippen molar-refractivity contribution >= 4 is 9.84 Å². The summed E-state index contributed by atoms with van der Waals surface area (Å²) in [5, 5.41) is 3.18. The topological polar surface area (TPSA) is 46.2 Å². The number of fused-ring (bicyclic) bond motifs is 3. The van der Waals surface area contributed by atoms with Gasteiger partial charge in [-0.2, -0.15) is 0 Å². The molecule has 19 heavy (non-hydrogen) atoms. The molecule has 1 N–H and O–H groups in total. The molecule has 2 aliphatic rings. The summed E-state index contributed by atoms with van der Waals surface area (Å²) >= 11 is 0. The lowest BCUT2D eigenvalue weighted by atomic mass is 9.70. The van der Waals surface area contributed by atoms with Gasteiger partial charge >= 0.3 is 0 Å². The summed E-state index contributed by atoms with van der Waals surface area (Å²) in [6, 6.07) is 8.26. The van der Waals surface area contributed by atoms with Crippen LogP contribution in [0.25, 0.3) is 0 Å². The van der Waals surface area contributed by atoms with Crippen LogP contribution >= 0.6 is 0 Å². The van der Waals surface area contributed by atoms with E-state index in [2.05, 4.69) is 31.3 Å². The Bertz CT molecular complexity index is 592. The monoisotopic (exact) mass is 279 g/mol. The fourth-order valence-electron chi connectivity index (χ4n) is 3.57. The SMILES string of the molecule is CC1(C)CC2C(NCCCS2(=O)=O)c2ccccc21. The predicted octanol–water partition coefficient (Wildman–Crippen LogP) is 2.19. The molecular weight excluding hydrogens is 258 g/mol. The van der Waals surface area contributed by atoms with E-state index in [1.165, 1.54) is 11.1 Å². The van der Waals surface area contributed by atoms with Crippen molar-refractivity contribution in [2.45, 2.75) is 43.4 Å². The van der Waals surface area contributed by atoms with Crippen molar-refractivity contribution in [1.29, 1.82) is 0 Å². The normalized spacial score (nSPS) is 31.9. The smallest absolute Gasteiger partial charge is 0.155 e. The average molecular weight is 279 g/mol. The summed E-state index contributed by atoms with van der Waals surface area (Å²) < 4.78 is 25.0. The molecular formula is C15H21NO2S. The molecule has 0 saturated carbocycles. The fourth-order valence-corrected chi connectivity index (χ4v) is 5.75. The number of hydrogen-bond acceptors (Lipinski definition) is 3. The third-order valence-electron chi connectivity index (χ3n) is 4.54. The maximum Gasteiger partial charge on any atom is 0.155 e. The third kappa shape index (κ3) is 2.11. The highest BCUT2D eigenvalue weighted by Crippen LogP contribution is 2.44. The molecule has 4 heteroatoms. The van der Waals surface area contributed by atoms with E-state index in [-0.39, 0.29) is 16.7 Å². The Morgan fingerprint density at radius 2 is 2.00 bits per heavy atom. The molecule has 1 aromatic rings. The molecule has 0 radical (unpaired) electrons. The van der Waals surface area contributed by atoms with Gasteiger partial charge in [-0.25, -0.2) is 8.42 Å². The van der Waals surface area contributed by atoms with E-state index in [9.17, 15) is 8.42 Å². The van der Waals surface area contributed by atoms with E-state index in [1.54, 1.807) is 0 Å². The molecule has 2 unspecified atom stereocenters. The highest BCUT2D eigenvalue weighted by Gasteiger charge is 2.45. The molecule has 0 aromatic heterocycles. The Labute approximate surface area is 115 Å². The Morgan fingerprint density at radius 3 is 2.79 bits per heavy atom. The second-order valence-corrected chi connectivity index (χ2v) is 8.71. The molecule has 104 valence electrons. The zero-order chi connectivity index (χ0) is 13.7. The van der Waals surface area contributed by atoms with E-state index in [1.807, 2.05) is 12.1 Å². The fraction of sp³-hybridized carbons (Fsp3) is 0.600. The van der Waals surface area contributed by atoms with E-state index >= 15 is 0 Å². The van der Waals surface area contributed by atoms with Crippen LogP contribution in [0, 0.1) is 0 Å². The predicted molar refractivity (Wildman–Crippen MR) is 77.0 cm³/mol. The second-order valence-electron chi connectivity index (χ2n) is 6.37. The maximum atomic E-state index is 12.5. The molecule has 1 saturated heterocycles.